The lowest BCUT2D eigenvalue weighted by Crippen LogP contribution is -2.51. The molecule has 3 rings (SSSR count). The zero-order valence-corrected chi connectivity index (χ0v) is 13.0. The summed E-state index contributed by atoms with van der Waals surface area (Å²) in [4.78, 5) is 14.1. The maximum absolute atomic E-state index is 12.2. The normalized spacial score (nSPS) is 15.2. The van der Waals surface area contributed by atoms with Crippen LogP contribution in [0.1, 0.15) is 10.4 Å². The molecule has 1 aliphatic rings. The minimum absolute atomic E-state index is 0.0900. The lowest BCUT2D eigenvalue weighted by Gasteiger charge is -2.39. The highest BCUT2D eigenvalue weighted by Gasteiger charge is 2.31. The number of amides is 1. The van der Waals surface area contributed by atoms with Crippen molar-refractivity contribution >= 4 is 33.4 Å². The molecule has 0 spiro atoms. The van der Waals surface area contributed by atoms with Crippen molar-refractivity contribution in [1.82, 2.24) is 14.7 Å². The highest BCUT2D eigenvalue weighted by Crippen LogP contribution is 2.21. The summed E-state index contributed by atoms with van der Waals surface area (Å²) in [5, 5.41) is 4.80. The SMILES string of the molecule is O=C(c1ccc(Br)cc1)N1CC(Cn2cc(Cl)cn2)C1. The van der Waals surface area contributed by atoms with Gasteiger partial charge in [0.05, 0.1) is 11.2 Å². The van der Waals surface area contributed by atoms with Crippen LogP contribution in [0.5, 0.6) is 0 Å². The van der Waals surface area contributed by atoms with Crippen LogP contribution in [0.25, 0.3) is 0 Å². The summed E-state index contributed by atoms with van der Waals surface area (Å²) in [7, 11) is 0. The Morgan fingerprint density at radius 1 is 1.35 bits per heavy atom. The molecule has 0 N–H and O–H groups in total. The molecule has 0 unspecified atom stereocenters. The van der Waals surface area contributed by atoms with E-state index in [2.05, 4.69) is 21.0 Å². The van der Waals surface area contributed by atoms with Crippen molar-refractivity contribution < 1.29 is 4.79 Å². The van der Waals surface area contributed by atoms with Crippen LogP contribution in [0.4, 0.5) is 0 Å². The molecule has 2 aromatic rings. The topological polar surface area (TPSA) is 38.1 Å². The lowest BCUT2D eigenvalue weighted by atomic mass is 9.99. The van der Waals surface area contributed by atoms with Crippen LogP contribution in [-0.2, 0) is 6.54 Å². The first-order valence-electron chi connectivity index (χ1n) is 6.34. The van der Waals surface area contributed by atoms with Gasteiger partial charge in [-0.2, -0.15) is 5.10 Å². The van der Waals surface area contributed by atoms with E-state index in [1.54, 1.807) is 12.4 Å². The molecule has 1 saturated heterocycles. The van der Waals surface area contributed by atoms with Gasteiger partial charge in [0.25, 0.3) is 5.91 Å². The summed E-state index contributed by atoms with van der Waals surface area (Å²) >= 11 is 9.19. The molecule has 104 valence electrons. The molecule has 4 nitrogen and oxygen atoms in total. The van der Waals surface area contributed by atoms with Crippen LogP contribution in [0.15, 0.2) is 41.1 Å². The molecule has 6 heteroatoms. The van der Waals surface area contributed by atoms with E-state index >= 15 is 0 Å². The van der Waals surface area contributed by atoms with Gasteiger partial charge in [0, 0.05) is 41.8 Å². The highest BCUT2D eigenvalue weighted by molar-refractivity contribution is 9.10. The van der Waals surface area contributed by atoms with E-state index in [1.165, 1.54) is 0 Å². The molecule has 2 heterocycles. The number of halogens is 2. The van der Waals surface area contributed by atoms with Crippen molar-refractivity contribution in [1.29, 1.82) is 0 Å². The molecule has 0 bridgehead atoms. The van der Waals surface area contributed by atoms with Crippen molar-refractivity contribution in [2.75, 3.05) is 13.1 Å². The van der Waals surface area contributed by atoms with Gasteiger partial charge in [0.1, 0.15) is 0 Å². The summed E-state index contributed by atoms with van der Waals surface area (Å²) in [6.07, 6.45) is 3.44. The summed E-state index contributed by atoms with van der Waals surface area (Å²) in [5.41, 5.74) is 0.730. The fourth-order valence-electron chi connectivity index (χ4n) is 2.33. The van der Waals surface area contributed by atoms with Crippen LogP contribution in [0.3, 0.4) is 0 Å². The largest absolute Gasteiger partial charge is 0.338 e. The smallest absolute Gasteiger partial charge is 0.253 e. The van der Waals surface area contributed by atoms with Crippen molar-refractivity contribution in [3.63, 3.8) is 0 Å². The van der Waals surface area contributed by atoms with Crippen molar-refractivity contribution in [2.24, 2.45) is 5.92 Å². The second kappa shape index (κ2) is 5.58. The van der Waals surface area contributed by atoms with Crippen LogP contribution >= 0.6 is 27.5 Å². The van der Waals surface area contributed by atoms with Crippen LogP contribution < -0.4 is 0 Å². The number of nitrogens with zero attached hydrogens (tertiary/aromatic N) is 3. The number of rotatable bonds is 3. The first kappa shape index (κ1) is 13.6. The van der Waals surface area contributed by atoms with E-state index in [-0.39, 0.29) is 5.91 Å². The van der Waals surface area contributed by atoms with Gasteiger partial charge in [0.2, 0.25) is 0 Å². The monoisotopic (exact) mass is 353 g/mol. The Morgan fingerprint density at radius 3 is 2.65 bits per heavy atom. The molecular formula is C14H13BrClN3O. The quantitative estimate of drug-likeness (QED) is 0.849. The Morgan fingerprint density at radius 2 is 2.05 bits per heavy atom. The maximum Gasteiger partial charge on any atom is 0.253 e. The van der Waals surface area contributed by atoms with E-state index in [0.29, 0.717) is 10.9 Å². The number of hydrogen-bond acceptors (Lipinski definition) is 2. The zero-order valence-electron chi connectivity index (χ0n) is 10.7. The minimum atomic E-state index is 0.0900. The molecule has 1 aromatic heterocycles. The number of aromatic nitrogens is 2. The van der Waals surface area contributed by atoms with Gasteiger partial charge in [-0.05, 0) is 24.3 Å². The van der Waals surface area contributed by atoms with Crippen LogP contribution in [0.2, 0.25) is 5.02 Å². The average molecular weight is 355 g/mol. The number of likely N-dealkylation sites (tertiary alicyclic amines) is 1. The van der Waals surface area contributed by atoms with Gasteiger partial charge in [0.15, 0.2) is 0 Å². The lowest BCUT2D eigenvalue weighted by molar-refractivity contribution is 0.0461. The first-order valence-corrected chi connectivity index (χ1v) is 7.52. The van der Waals surface area contributed by atoms with E-state index in [9.17, 15) is 4.79 Å². The van der Waals surface area contributed by atoms with E-state index in [4.69, 9.17) is 11.6 Å². The summed E-state index contributed by atoms with van der Waals surface area (Å²) < 4.78 is 2.81. The van der Waals surface area contributed by atoms with Crippen molar-refractivity contribution in [3.05, 3.63) is 51.7 Å². The van der Waals surface area contributed by atoms with Gasteiger partial charge >= 0.3 is 0 Å². The maximum atomic E-state index is 12.2. The number of carbonyl (C=O) groups is 1. The van der Waals surface area contributed by atoms with Gasteiger partial charge < -0.3 is 4.90 Å². The van der Waals surface area contributed by atoms with Gasteiger partial charge in [-0.3, -0.25) is 9.48 Å². The third-order valence-electron chi connectivity index (χ3n) is 3.38. The van der Waals surface area contributed by atoms with E-state index in [1.807, 2.05) is 33.8 Å². The van der Waals surface area contributed by atoms with Crippen molar-refractivity contribution in [3.8, 4) is 0 Å². The highest BCUT2D eigenvalue weighted by atomic mass is 79.9. The Hall–Kier alpha value is -1.33. The number of benzene rings is 1. The molecule has 20 heavy (non-hydrogen) atoms. The molecule has 0 aliphatic carbocycles. The second-order valence-electron chi connectivity index (χ2n) is 4.96. The molecule has 1 aliphatic heterocycles. The Kier molecular flexibility index (Phi) is 3.81. The van der Waals surface area contributed by atoms with Crippen molar-refractivity contribution in [2.45, 2.75) is 6.54 Å². The number of hydrogen-bond donors (Lipinski definition) is 0. The summed E-state index contributed by atoms with van der Waals surface area (Å²) in [6.45, 7) is 2.34. The average Bonchev–Trinajstić information content (AvgIpc) is 2.79. The molecule has 1 amide bonds. The van der Waals surface area contributed by atoms with E-state index < -0.39 is 0 Å². The molecular weight excluding hydrogens is 342 g/mol. The molecule has 1 fully saturated rings. The standard InChI is InChI=1S/C14H13BrClN3O/c15-12-3-1-11(2-4-12)14(20)18-6-10(7-18)8-19-9-13(16)5-17-19/h1-5,9-10H,6-8H2. The Bertz CT molecular complexity index is 620. The fourth-order valence-corrected chi connectivity index (χ4v) is 2.75. The van der Waals surface area contributed by atoms with Gasteiger partial charge in [-0.1, -0.05) is 27.5 Å². The molecule has 0 atom stereocenters. The van der Waals surface area contributed by atoms with Crippen LogP contribution in [0, 0.1) is 5.92 Å². The van der Waals surface area contributed by atoms with Crippen LogP contribution in [-0.4, -0.2) is 33.7 Å². The van der Waals surface area contributed by atoms with E-state index in [0.717, 1.165) is 29.7 Å². The third kappa shape index (κ3) is 2.88. The zero-order chi connectivity index (χ0) is 14.1. The predicted molar refractivity (Wildman–Crippen MR) is 80.8 cm³/mol. The molecule has 0 saturated carbocycles. The Balaban J connectivity index is 1.54. The first-order chi connectivity index (χ1) is 9.61. The molecule has 1 aromatic carbocycles. The third-order valence-corrected chi connectivity index (χ3v) is 4.11. The summed E-state index contributed by atoms with van der Waals surface area (Å²) in [6, 6.07) is 7.45. The molecule has 0 radical (unpaired) electrons. The fraction of sp³-hybridized carbons (Fsp3) is 0.286. The minimum Gasteiger partial charge on any atom is -0.338 e. The number of carbonyl (C=O) groups excluding carboxylic acids is 1. The van der Waals surface area contributed by atoms with Gasteiger partial charge in [-0.25, -0.2) is 0 Å². The Labute approximate surface area is 130 Å². The van der Waals surface area contributed by atoms with Gasteiger partial charge in [-0.15, -0.1) is 0 Å². The second-order valence-corrected chi connectivity index (χ2v) is 6.32. The summed E-state index contributed by atoms with van der Waals surface area (Å²) in [5.74, 6) is 0.539. The predicted octanol–water partition coefficient (Wildman–Crippen LogP) is 3.07.